The minimum absolute atomic E-state index is 0.0610. The van der Waals surface area contributed by atoms with Gasteiger partial charge < -0.3 is 20.9 Å². The second kappa shape index (κ2) is 7.88. The molecule has 1 unspecified atom stereocenters. The van der Waals surface area contributed by atoms with Crippen LogP contribution in [0.1, 0.15) is 19.8 Å². The Morgan fingerprint density at radius 3 is 2.43 bits per heavy atom. The van der Waals surface area contributed by atoms with E-state index in [1.165, 1.54) is 6.92 Å². The SMILES string of the molecule is CC(Oc1ccccc1)C(=O)N[C@@H](CCC(N)=O)C(=O)O. The van der Waals surface area contributed by atoms with Gasteiger partial charge in [-0.1, -0.05) is 18.2 Å². The highest BCUT2D eigenvalue weighted by atomic mass is 16.5. The average molecular weight is 294 g/mol. The molecule has 0 aliphatic carbocycles. The van der Waals surface area contributed by atoms with E-state index in [0.717, 1.165) is 0 Å². The molecule has 21 heavy (non-hydrogen) atoms. The summed E-state index contributed by atoms with van der Waals surface area (Å²) in [5, 5.41) is 11.3. The standard InChI is InChI=1S/C14H18N2O5/c1-9(21-10-5-3-2-4-6-10)13(18)16-11(14(19)20)7-8-12(15)17/h2-6,9,11H,7-8H2,1H3,(H2,15,17)(H,16,18)(H,19,20)/t9?,11-/m0/s1. The lowest BCUT2D eigenvalue weighted by atomic mass is 10.1. The van der Waals surface area contributed by atoms with Crippen molar-refractivity contribution >= 4 is 17.8 Å². The van der Waals surface area contributed by atoms with Crippen LogP contribution in [0.3, 0.4) is 0 Å². The average Bonchev–Trinajstić information content (AvgIpc) is 2.43. The Balaban J connectivity index is 2.56. The van der Waals surface area contributed by atoms with E-state index in [1.54, 1.807) is 24.3 Å². The fourth-order valence-corrected chi connectivity index (χ4v) is 1.59. The van der Waals surface area contributed by atoms with Crippen LogP contribution in [0.25, 0.3) is 0 Å². The van der Waals surface area contributed by atoms with Gasteiger partial charge in [-0.3, -0.25) is 9.59 Å². The molecule has 0 aromatic heterocycles. The number of para-hydroxylation sites is 1. The number of rotatable bonds is 8. The van der Waals surface area contributed by atoms with Crippen molar-refractivity contribution in [3.05, 3.63) is 30.3 Å². The number of hydrogen-bond donors (Lipinski definition) is 3. The third kappa shape index (κ3) is 5.94. The first-order chi connectivity index (χ1) is 9.90. The third-order valence-electron chi connectivity index (χ3n) is 2.72. The molecule has 4 N–H and O–H groups in total. The molecule has 1 aromatic carbocycles. The van der Waals surface area contributed by atoms with Crippen LogP contribution in [-0.2, 0) is 14.4 Å². The summed E-state index contributed by atoms with van der Waals surface area (Å²) in [7, 11) is 0. The van der Waals surface area contributed by atoms with Crippen molar-refractivity contribution in [3.63, 3.8) is 0 Å². The van der Waals surface area contributed by atoms with Crippen LogP contribution in [0, 0.1) is 0 Å². The Hall–Kier alpha value is -2.57. The van der Waals surface area contributed by atoms with Crippen LogP contribution in [0.5, 0.6) is 5.75 Å². The number of carbonyl (C=O) groups is 3. The third-order valence-corrected chi connectivity index (χ3v) is 2.72. The molecule has 0 saturated heterocycles. The maximum Gasteiger partial charge on any atom is 0.326 e. The van der Waals surface area contributed by atoms with Gasteiger partial charge in [0.1, 0.15) is 11.8 Å². The van der Waals surface area contributed by atoms with Crippen molar-refractivity contribution in [2.75, 3.05) is 0 Å². The Labute approximate surface area is 122 Å². The highest BCUT2D eigenvalue weighted by Gasteiger charge is 2.24. The Kier molecular flexibility index (Phi) is 6.19. The number of nitrogens with one attached hydrogen (secondary N) is 1. The number of carbonyl (C=O) groups excluding carboxylic acids is 2. The van der Waals surface area contributed by atoms with Crippen LogP contribution in [0.15, 0.2) is 30.3 Å². The predicted molar refractivity (Wildman–Crippen MR) is 74.5 cm³/mol. The smallest absolute Gasteiger partial charge is 0.326 e. The Morgan fingerprint density at radius 2 is 1.90 bits per heavy atom. The van der Waals surface area contributed by atoms with E-state index in [-0.39, 0.29) is 12.8 Å². The Morgan fingerprint density at radius 1 is 1.29 bits per heavy atom. The van der Waals surface area contributed by atoms with Gasteiger partial charge in [-0.2, -0.15) is 0 Å². The summed E-state index contributed by atoms with van der Waals surface area (Å²) in [6.07, 6.45) is -1.04. The lowest BCUT2D eigenvalue weighted by Crippen LogP contribution is -2.46. The van der Waals surface area contributed by atoms with Crippen LogP contribution < -0.4 is 15.8 Å². The normalized spacial score (nSPS) is 13.0. The molecule has 0 spiro atoms. The van der Waals surface area contributed by atoms with Gasteiger partial charge in [0.15, 0.2) is 6.10 Å². The molecule has 0 radical (unpaired) electrons. The number of benzene rings is 1. The number of amides is 2. The fraction of sp³-hybridized carbons (Fsp3) is 0.357. The highest BCUT2D eigenvalue weighted by molar-refractivity contribution is 5.86. The van der Waals surface area contributed by atoms with E-state index in [9.17, 15) is 14.4 Å². The first-order valence-electron chi connectivity index (χ1n) is 6.43. The van der Waals surface area contributed by atoms with E-state index in [0.29, 0.717) is 5.75 Å². The number of hydrogen-bond acceptors (Lipinski definition) is 4. The summed E-state index contributed by atoms with van der Waals surface area (Å²) in [6, 6.07) is 7.52. The van der Waals surface area contributed by atoms with E-state index in [2.05, 4.69) is 5.32 Å². The molecule has 0 saturated carbocycles. The largest absolute Gasteiger partial charge is 0.481 e. The zero-order valence-electron chi connectivity index (χ0n) is 11.6. The van der Waals surface area contributed by atoms with E-state index < -0.39 is 29.9 Å². The molecule has 1 aromatic rings. The van der Waals surface area contributed by atoms with Gasteiger partial charge in [0.25, 0.3) is 5.91 Å². The fourth-order valence-electron chi connectivity index (χ4n) is 1.59. The number of aliphatic carboxylic acids is 1. The molecule has 0 bridgehead atoms. The molecular formula is C14H18N2O5. The monoisotopic (exact) mass is 294 g/mol. The molecule has 0 fully saturated rings. The maximum absolute atomic E-state index is 11.9. The van der Waals surface area contributed by atoms with E-state index in [1.807, 2.05) is 6.07 Å². The van der Waals surface area contributed by atoms with E-state index in [4.69, 9.17) is 15.6 Å². The molecule has 0 heterocycles. The van der Waals surface area contributed by atoms with Crippen LogP contribution in [0.2, 0.25) is 0 Å². The van der Waals surface area contributed by atoms with Gasteiger partial charge >= 0.3 is 5.97 Å². The minimum atomic E-state index is -1.23. The first kappa shape index (κ1) is 16.5. The van der Waals surface area contributed by atoms with Gasteiger partial charge in [0, 0.05) is 6.42 Å². The second-order valence-corrected chi connectivity index (χ2v) is 4.48. The second-order valence-electron chi connectivity index (χ2n) is 4.48. The van der Waals surface area contributed by atoms with Gasteiger partial charge in [0.2, 0.25) is 5.91 Å². The number of carboxylic acid groups (broad SMARTS) is 1. The topological polar surface area (TPSA) is 119 Å². The zero-order valence-corrected chi connectivity index (χ0v) is 11.6. The summed E-state index contributed by atoms with van der Waals surface area (Å²) in [5.41, 5.74) is 4.96. The summed E-state index contributed by atoms with van der Waals surface area (Å²) in [6.45, 7) is 1.51. The molecule has 114 valence electrons. The first-order valence-corrected chi connectivity index (χ1v) is 6.43. The van der Waals surface area contributed by atoms with Crippen LogP contribution in [-0.4, -0.2) is 35.0 Å². The summed E-state index contributed by atoms with van der Waals surface area (Å²) >= 11 is 0. The maximum atomic E-state index is 11.9. The summed E-state index contributed by atoms with van der Waals surface area (Å²) in [4.78, 5) is 33.6. The molecule has 2 amide bonds. The van der Waals surface area contributed by atoms with Crippen molar-refractivity contribution in [2.45, 2.75) is 31.9 Å². The van der Waals surface area contributed by atoms with E-state index >= 15 is 0 Å². The number of primary amides is 1. The van der Waals surface area contributed by atoms with Gasteiger partial charge in [0.05, 0.1) is 0 Å². The van der Waals surface area contributed by atoms with Crippen molar-refractivity contribution in [1.82, 2.24) is 5.32 Å². The Bertz CT molecular complexity index is 503. The van der Waals surface area contributed by atoms with Crippen LogP contribution >= 0.6 is 0 Å². The van der Waals surface area contributed by atoms with Crippen molar-refractivity contribution in [3.8, 4) is 5.75 Å². The van der Waals surface area contributed by atoms with Crippen molar-refractivity contribution < 1.29 is 24.2 Å². The van der Waals surface area contributed by atoms with Gasteiger partial charge in [-0.25, -0.2) is 4.79 Å². The highest BCUT2D eigenvalue weighted by Crippen LogP contribution is 2.11. The summed E-state index contributed by atoms with van der Waals surface area (Å²) < 4.78 is 5.39. The molecule has 0 aliphatic heterocycles. The molecule has 0 aliphatic rings. The quantitative estimate of drug-likeness (QED) is 0.636. The molecule has 1 rings (SSSR count). The molecule has 7 heteroatoms. The molecular weight excluding hydrogens is 276 g/mol. The lowest BCUT2D eigenvalue weighted by Gasteiger charge is -2.18. The lowest BCUT2D eigenvalue weighted by molar-refractivity contribution is -0.143. The summed E-state index contributed by atoms with van der Waals surface area (Å²) in [5.74, 6) is -1.92. The molecule has 7 nitrogen and oxygen atoms in total. The van der Waals surface area contributed by atoms with Gasteiger partial charge in [-0.05, 0) is 25.5 Å². The number of ether oxygens (including phenoxy) is 1. The van der Waals surface area contributed by atoms with Crippen molar-refractivity contribution in [1.29, 1.82) is 0 Å². The number of carboxylic acids is 1. The van der Waals surface area contributed by atoms with Gasteiger partial charge in [-0.15, -0.1) is 0 Å². The van der Waals surface area contributed by atoms with Crippen molar-refractivity contribution in [2.24, 2.45) is 5.73 Å². The molecule has 2 atom stereocenters. The van der Waals surface area contributed by atoms with Crippen LogP contribution in [0.4, 0.5) is 0 Å². The number of nitrogens with two attached hydrogens (primary N) is 1. The zero-order chi connectivity index (χ0) is 15.8. The minimum Gasteiger partial charge on any atom is -0.481 e. The predicted octanol–water partition coefficient (Wildman–Crippen LogP) is 0.289.